The van der Waals surface area contributed by atoms with E-state index in [2.05, 4.69) is 23.8 Å². The number of para-hydroxylation sites is 1. The van der Waals surface area contributed by atoms with Crippen molar-refractivity contribution < 1.29 is 9.53 Å². The number of rotatable bonds is 8. The van der Waals surface area contributed by atoms with Gasteiger partial charge in [0.25, 0.3) is 5.91 Å². The second kappa shape index (κ2) is 8.22. The Balaban J connectivity index is 2.13. The zero-order chi connectivity index (χ0) is 15.8. The Bertz CT molecular complexity index is 575. The molecule has 0 aliphatic rings. The third-order valence-corrected chi connectivity index (χ3v) is 3.33. The summed E-state index contributed by atoms with van der Waals surface area (Å²) >= 11 is 0. The zero-order valence-corrected chi connectivity index (χ0v) is 13.2. The van der Waals surface area contributed by atoms with E-state index in [1.54, 1.807) is 12.5 Å². The van der Waals surface area contributed by atoms with Gasteiger partial charge >= 0.3 is 0 Å². The van der Waals surface area contributed by atoms with E-state index in [1.807, 2.05) is 29.2 Å². The van der Waals surface area contributed by atoms with E-state index in [-0.39, 0.29) is 5.91 Å². The van der Waals surface area contributed by atoms with Crippen molar-refractivity contribution >= 4 is 5.91 Å². The molecule has 1 aromatic carbocycles. The fraction of sp³-hybridized carbons (Fsp3) is 0.412. The van der Waals surface area contributed by atoms with Gasteiger partial charge in [0, 0.05) is 13.1 Å². The first-order valence-electron chi connectivity index (χ1n) is 7.74. The topological polar surface area (TPSA) is 58.2 Å². The minimum Gasteiger partial charge on any atom is -0.486 e. The molecule has 0 saturated carbocycles. The highest BCUT2D eigenvalue weighted by molar-refractivity contribution is 5.96. The maximum Gasteiger partial charge on any atom is 0.257 e. The number of H-pyrrole nitrogens is 1. The van der Waals surface area contributed by atoms with Crippen molar-refractivity contribution in [2.24, 2.45) is 0 Å². The maximum absolute atomic E-state index is 12.7. The second-order valence-corrected chi connectivity index (χ2v) is 5.15. The summed E-state index contributed by atoms with van der Waals surface area (Å²) in [5, 5.41) is 0. The van der Waals surface area contributed by atoms with Crippen LogP contribution in [0.2, 0.25) is 0 Å². The number of aromatic nitrogens is 2. The van der Waals surface area contributed by atoms with E-state index in [0.717, 1.165) is 31.6 Å². The van der Waals surface area contributed by atoms with Crippen LogP contribution < -0.4 is 4.74 Å². The van der Waals surface area contributed by atoms with Crippen molar-refractivity contribution in [2.75, 3.05) is 13.1 Å². The van der Waals surface area contributed by atoms with Gasteiger partial charge in [0.05, 0.1) is 23.8 Å². The predicted molar refractivity (Wildman–Crippen MR) is 85.8 cm³/mol. The predicted octanol–water partition coefficient (Wildman–Crippen LogP) is 3.25. The fourth-order valence-electron chi connectivity index (χ4n) is 2.31. The van der Waals surface area contributed by atoms with Crippen LogP contribution in [-0.4, -0.2) is 33.9 Å². The molecule has 5 nitrogen and oxygen atoms in total. The first kappa shape index (κ1) is 16.1. The highest BCUT2D eigenvalue weighted by Gasteiger charge is 2.18. The molecule has 1 amide bonds. The van der Waals surface area contributed by atoms with E-state index < -0.39 is 0 Å². The van der Waals surface area contributed by atoms with Gasteiger partial charge in [-0.2, -0.15) is 0 Å². The molecule has 0 atom stereocenters. The molecule has 0 radical (unpaired) electrons. The Labute approximate surface area is 131 Å². The number of imidazole rings is 1. The van der Waals surface area contributed by atoms with Gasteiger partial charge in [0.15, 0.2) is 0 Å². The molecule has 22 heavy (non-hydrogen) atoms. The van der Waals surface area contributed by atoms with Crippen LogP contribution in [0.3, 0.4) is 0 Å². The molecule has 2 aromatic rings. The van der Waals surface area contributed by atoms with Crippen LogP contribution in [0.25, 0.3) is 0 Å². The van der Waals surface area contributed by atoms with Crippen molar-refractivity contribution in [1.82, 2.24) is 14.9 Å². The lowest BCUT2D eigenvalue weighted by Crippen LogP contribution is -2.32. The van der Waals surface area contributed by atoms with Crippen molar-refractivity contribution in [3.63, 3.8) is 0 Å². The first-order valence-corrected chi connectivity index (χ1v) is 7.74. The van der Waals surface area contributed by atoms with Gasteiger partial charge in [-0.3, -0.25) is 4.79 Å². The monoisotopic (exact) mass is 301 g/mol. The van der Waals surface area contributed by atoms with Crippen LogP contribution >= 0.6 is 0 Å². The van der Waals surface area contributed by atoms with Crippen LogP contribution in [0.1, 0.15) is 42.7 Å². The van der Waals surface area contributed by atoms with Crippen LogP contribution in [0.4, 0.5) is 0 Å². The normalized spacial score (nSPS) is 10.5. The highest BCUT2D eigenvalue weighted by atomic mass is 16.5. The van der Waals surface area contributed by atoms with Gasteiger partial charge in [-0.25, -0.2) is 4.98 Å². The lowest BCUT2D eigenvalue weighted by Gasteiger charge is -2.22. The van der Waals surface area contributed by atoms with E-state index in [1.165, 1.54) is 0 Å². The molecule has 5 heteroatoms. The molecule has 0 bridgehead atoms. The Kier molecular flexibility index (Phi) is 6.01. The van der Waals surface area contributed by atoms with Crippen LogP contribution in [0, 0.1) is 0 Å². The maximum atomic E-state index is 12.7. The summed E-state index contributed by atoms with van der Waals surface area (Å²) in [6.45, 7) is 6.06. The van der Waals surface area contributed by atoms with E-state index in [9.17, 15) is 4.79 Å². The van der Waals surface area contributed by atoms with Gasteiger partial charge in [0.2, 0.25) is 0 Å². The number of aromatic amines is 1. The van der Waals surface area contributed by atoms with Crippen LogP contribution in [-0.2, 0) is 6.61 Å². The van der Waals surface area contributed by atoms with E-state index >= 15 is 0 Å². The minimum atomic E-state index is 0.0314. The van der Waals surface area contributed by atoms with Gasteiger partial charge in [-0.05, 0) is 25.0 Å². The summed E-state index contributed by atoms with van der Waals surface area (Å²) < 4.78 is 5.79. The van der Waals surface area contributed by atoms with Gasteiger partial charge < -0.3 is 14.6 Å². The Morgan fingerprint density at radius 3 is 2.59 bits per heavy atom. The number of hydrogen-bond donors (Lipinski definition) is 1. The smallest absolute Gasteiger partial charge is 0.257 e. The molecule has 1 aromatic heterocycles. The van der Waals surface area contributed by atoms with Gasteiger partial charge in [-0.15, -0.1) is 0 Å². The SMILES string of the molecule is CCCN(CCC)C(=O)c1ccccc1OCc1cnc[nH]1. The number of carbonyl (C=O) groups is 1. The summed E-state index contributed by atoms with van der Waals surface area (Å²) in [6.07, 6.45) is 5.22. The molecule has 0 unspecified atom stereocenters. The number of hydrogen-bond acceptors (Lipinski definition) is 3. The summed E-state index contributed by atoms with van der Waals surface area (Å²) in [7, 11) is 0. The molecule has 0 spiro atoms. The molecule has 1 heterocycles. The highest BCUT2D eigenvalue weighted by Crippen LogP contribution is 2.21. The van der Waals surface area contributed by atoms with E-state index in [0.29, 0.717) is 17.9 Å². The lowest BCUT2D eigenvalue weighted by molar-refractivity contribution is 0.0750. The molecule has 118 valence electrons. The molecule has 0 fully saturated rings. The third-order valence-electron chi connectivity index (χ3n) is 3.33. The van der Waals surface area contributed by atoms with Crippen molar-refractivity contribution in [3.8, 4) is 5.75 Å². The quantitative estimate of drug-likeness (QED) is 0.814. The molecule has 0 aliphatic carbocycles. The van der Waals surface area contributed by atoms with Crippen LogP contribution in [0.5, 0.6) is 5.75 Å². The molecule has 0 aliphatic heterocycles. The Hall–Kier alpha value is -2.30. The number of amides is 1. The van der Waals surface area contributed by atoms with Crippen LogP contribution in [0.15, 0.2) is 36.8 Å². The number of ether oxygens (including phenoxy) is 1. The summed E-state index contributed by atoms with van der Waals surface area (Å²) in [5.41, 5.74) is 1.49. The second-order valence-electron chi connectivity index (χ2n) is 5.15. The van der Waals surface area contributed by atoms with Gasteiger partial charge in [-0.1, -0.05) is 26.0 Å². The van der Waals surface area contributed by atoms with Crippen molar-refractivity contribution in [3.05, 3.63) is 48.0 Å². The lowest BCUT2D eigenvalue weighted by atomic mass is 10.1. The summed E-state index contributed by atoms with van der Waals surface area (Å²) in [5.74, 6) is 0.642. The zero-order valence-electron chi connectivity index (χ0n) is 13.2. The Morgan fingerprint density at radius 2 is 1.95 bits per heavy atom. The molecular formula is C17H23N3O2. The Morgan fingerprint density at radius 1 is 1.23 bits per heavy atom. The largest absolute Gasteiger partial charge is 0.486 e. The van der Waals surface area contributed by atoms with Gasteiger partial charge in [0.1, 0.15) is 12.4 Å². The molecule has 0 saturated heterocycles. The van der Waals surface area contributed by atoms with Crippen molar-refractivity contribution in [1.29, 1.82) is 0 Å². The average molecular weight is 301 g/mol. The minimum absolute atomic E-state index is 0.0314. The third kappa shape index (κ3) is 4.10. The van der Waals surface area contributed by atoms with E-state index in [4.69, 9.17) is 4.74 Å². The molecule has 1 N–H and O–H groups in total. The molecular weight excluding hydrogens is 278 g/mol. The summed E-state index contributed by atoms with van der Waals surface area (Å²) in [6, 6.07) is 7.40. The number of nitrogens with one attached hydrogen (secondary N) is 1. The summed E-state index contributed by atoms with van der Waals surface area (Å²) in [4.78, 5) is 21.6. The average Bonchev–Trinajstić information content (AvgIpc) is 3.06. The number of carbonyl (C=O) groups excluding carboxylic acids is 1. The number of benzene rings is 1. The number of nitrogens with zero attached hydrogens (tertiary/aromatic N) is 2. The standard InChI is InChI=1S/C17H23N3O2/c1-3-9-20(10-4-2)17(21)15-7-5-6-8-16(15)22-12-14-11-18-13-19-14/h5-8,11,13H,3-4,9-10,12H2,1-2H3,(H,18,19). The molecule has 2 rings (SSSR count). The first-order chi connectivity index (χ1) is 10.8. The fourth-order valence-corrected chi connectivity index (χ4v) is 2.31. The van der Waals surface area contributed by atoms with Crippen molar-refractivity contribution in [2.45, 2.75) is 33.3 Å².